The van der Waals surface area contributed by atoms with E-state index in [1.807, 2.05) is 36.4 Å². The number of hydrogen-bond donors (Lipinski definition) is 0. The highest BCUT2D eigenvalue weighted by Crippen LogP contribution is 2.36. The fourth-order valence-electron chi connectivity index (χ4n) is 3.96. The maximum Gasteiger partial charge on any atom is 0.155 e. The fourth-order valence-corrected chi connectivity index (χ4v) is 3.96. The van der Waals surface area contributed by atoms with Crippen LogP contribution >= 0.6 is 0 Å². The van der Waals surface area contributed by atoms with Crippen LogP contribution in [0.4, 0.5) is 0 Å². The Morgan fingerprint density at radius 2 is 1.88 bits per heavy atom. The molecule has 1 aromatic carbocycles. The molecule has 0 heterocycles. The summed E-state index contributed by atoms with van der Waals surface area (Å²) in [5, 5.41) is 0. The number of rotatable bonds is 10. The Bertz CT molecular complexity index is 538. The van der Waals surface area contributed by atoms with Crippen LogP contribution in [-0.4, -0.2) is 12.1 Å². The topological polar surface area (TPSA) is 34.1 Å². The lowest BCUT2D eigenvalue weighted by atomic mass is 9.73. The predicted octanol–water partition coefficient (Wildman–Crippen LogP) is 5.86. The number of ketones is 1. The van der Waals surface area contributed by atoms with Crippen LogP contribution in [0.15, 0.2) is 36.4 Å². The van der Waals surface area contributed by atoms with Crippen LogP contribution in [0.1, 0.15) is 70.3 Å². The number of unbranched alkanes of at least 4 members (excludes halogenated alkanes) is 1. The van der Waals surface area contributed by atoms with Crippen LogP contribution in [0.5, 0.6) is 0 Å². The number of carbonyl (C=O) groups excluding carboxylic acids is 2. The molecule has 0 unspecified atom stereocenters. The lowest BCUT2D eigenvalue weighted by Gasteiger charge is -2.31. The first-order chi connectivity index (χ1) is 12.2. The minimum absolute atomic E-state index is 0.0567. The fraction of sp³-hybridized carbons (Fsp3) is 0.565. The third kappa shape index (κ3) is 6.97. The summed E-state index contributed by atoms with van der Waals surface area (Å²) in [5.74, 6) is 1.52. The quantitative estimate of drug-likeness (QED) is 0.395. The van der Waals surface area contributed by atoms with Gasteiger partial charge in [-0.1, -0.05) is 75.4 Å². The maximum atomic E-state index is 12.1. The summed E-state index contributed by atoms with van der Waals surface area (Å²) in [6.45, 7) is 2.25. The first kappa shape index (κ1) is 19.6. The minimum atomic E-state index is 0.0567. The summed E-state index contributed by atoms with van der Waals surface area (Å²) < 4.78 is 0. The number of benzene rings is 1. The predicted molar refractivity (Wildman–Crippen MR) is 104 cm³/mol. The molecule has 0 saturated heterocycles. The van der Waals surface area contributed by atoms with Gasteiger partial charge >= 0.3 is 0 Å². The smallest absolute Gasteiger partial charge is 0.155 e. The molecule has 0 bridgehead atoms. The van der Waals surface area contributed by atoms with Crippen molar-refractivity contribution < 1.29 is 9.59 Å². The summed E-state index contributed by atoms with van der Waals surface area (Å²) in [7, 11) is 0. The third-order valence-electron chi connectivity index (χ3n) is 5.62. The highest BCUT2D eigenvalue weighted by molar-refractivity contribution is 5.93. The molecular formula is C23H32O2. The first-order valence-corrected chi connectivity index (χ1v) is 9.94. The van der Waals surface area contributed by atoms with Crippen molar-refractivity contribution in [2.24, 2.45) is 17.8 Å². The second kappa shape index (κ2) is 11.0. The maximum absolute atomic E-state index is 12.1. The van der Waals surface area contributed by atoms with E-state index in [-0.39, 0.29) is 11.7 Å². The van der Waals surface area contributed by atoms with Gasteiger partial charge in [-0.15, -0.1) is 0 Å². The van der Waals surface area contributed by atoms with Crippen molar-refractivity contribution in [3.63, 3.8) is 0 Å². The monoisotopic (exact) mass is 340 g/mol. The molecule has 2 heteroatoms. The molecule has 1 saturated carbocycles. The third-order valence-corrected chi connectivity index (χ3v) is 5.62. The van der Waals surface area contributed by atoms with E-state index < -0.39 is 0 Å². The number of carbonyl (C=O) groups is 2. The number of aldehydes is 1. The molecule has 1 aliphatic rings. The zero-order chi connectivity index (χ0) is 17.9. The van der Waals surface area contributed by atoms with Crippen LogP contribution in [0.25, 0.3) is 6.08 Å². The van der Waals surface area contributed by atoms with Crippen molar-refractivity contribution in [2.75, 3.05) is 0 Å². The molecule has 0 spiro atoms. The number of hydrogen-bond acceptors (Lipinski definition) is 2. The van der Waals surface area contributed by atoms with Gasteiger partial charge in [-0.05, 0) is 42.7 Å². The Morgan fingerprint density at radius 1 is 1.16 bits per heavy atom. The summed E-state index contributed by atoms with van der Waals surface area (Å²) in [4.78, 5) is 23.6. The average molecular weight is 341 g/mol. The van der Waals surface area contributed by atoms with Gasteiger partial charge in [0.25, 0.3) is 0 Å². The van der Waals surface area contributed by atoms with Gasteiger partial charge in [-0.25, -0.2) is 0 Å². The van der Waals surface area contributed by atoms with Crippen molar-refractivity contribution in [1.82, 2.24) is 0 Å². The van der Waals surface area contributed by atoms with Crippen molar-refractivity contribution in [1.29, 1.82) is 0 Å². The summed E-state index contributed by atoms with van der Waals surface area (Å²) in [6.07, 6.45) is 14.6. The molecule has 1 fully saturated rings. The number of allylic oxidation sites excluding steroid dienone is 1. The molecule has 1 atom stereocenters. The molecule has 0 amide bonds. The van der Waals surface area contributed by atoms with Crippen LogP contribution in [0.3, 0.4) is 0 Å². The summed E-state index contributed by atoms with van der Waals surface area (Å²) in [6, 6.07) is 9.85. The average Bonchev–Trinajstić information content (AvgIpc) is 2.67. The Kier molecular flexibility index (Phi) is 8.65. The van der Waals surface area contributed by atoms with Gasteiger partial charge in [0.1, 0.15) is 6.29 Å². The van der Waals surface area contributed by atoms with Gasteiger partial charge in [0.2, 0.25) is 0 Å². The lowest BCUT2D eigenvalue weighted by molar-refractivity contribution is -0.116. The largest absolute Gasteiger partial charge is 0.303 e. The van der Waals surface area contributed by atoms with Crippen LogP contribution in [0, 0.1) is 17.8 Å². The van der Waals surface area contributed by atoms with Gasteiger partial charge in [-0.2, -0.15) is 0 Å². The molecule has 0 aliphatic heterocycles. The standard InChI is InChI=1S/C23H32O2/c1-2-3-7-20-10-13-21(14-11-20)22(18-24)15-17-23(25)16-12-19-8-5-4-6-9-19/h4-6,8-9,12,16,18,20-22H,2-3,7,10-11,13-15,17H2,1H3/b16-12+/t20?,21?,22-/m0/s1. The molecule has 0 radical (unpaired) electrons. The zero-order valence-corrected chi connectivity index (χ0v) is 15.5. The van der Waals surface area contributed by atoms with E-state index in [9.17, 15) is 9.59 Å². The second-order valence-electron chi connectivity index (χ2n) is 7.47. The van der Waals surface area contributed by atoms with E-state index in [0.717, 1.165) is 30.6 Å². The van der Waals surface area contributed by atoms with Gasteiger partial charge in [-0.3, -0.25) is 4.79 Å². The van der Waals surface area contributed by atoms with Crippen molar-refractivity contribution in [3.05, 3.63) is 42.0 Å². The van der Waals surface area contributed by atoms with Crippen molar-refractivity contribution in [3.8, 4) is 0 Å². The van der Waals surface area contributed by atoms with E-state index in [4.69, 9.17) is 0 Å². The molecule has 0 aromatic heterocycles. The highest BCUT2D eigenvalue weighted by Gasteiger charge is 2.27. The Hall–Kier alpha value is -1.70. The molecule has 2 nitrogen and oxygen atoms in total. The Morgan fingerprint density at radius 3 is 2.52 bits per heavy atom. The van der Waals surface area contributed by atoms with Gasteiger partial charge in [0, 0.05) is 12.3 Å². The van der Waals surface area contributed by atoms with Crippen LogP contribution in [0.2, 0.25) is 0 Å². The van der Waals surface area contributed by atoms with E-state index in [2.05, 4.69) is 6.92 Å². The van der Waals surface area contributed by atoms with E-state index in [1.54, 1.807) is 6.08 Å². The molecular weight excluding hydrogens is 308 g/mol. The van der Waals surface area contributed by atoms with E-state index in [0.29, 0.717) is 18.8 Å². The SMILES string of the molecule is CCCCC1CCC([C@H](C=O)CCC(=O)/C=C/c2ccccc2)CC1. The molecule has 1 aromatic rings. The first-order valence-electron chi connectivity index (χ1n) is 9.94. The normalized spacial score (nSPS) is 22.0. The molecule has 2 rings (SSSR count). The van der Waals surface area contributed by atoms with Crippen molar-refractivity contribution in [2.45, 2.75) is 64.7 Å². The van der Waals surface area contributed by atoms with Crippen molar-refractivity contribution >= 4 is 18.1 Å². The Labute approximate surface area is 152 Å². The van der Waals surface area contributed by atoms with Crippen LogP contribution in [-0.2, 0) is 9.59 Å². The van der Waals surface area contributed by atoms with E-state index >= 15 is 0 Å². The molecule has 1 aliphatic carbocycles. The van der Waals surface area contributed by atoms with Gasteiger partial charge in [0.05, 0.1) is 0 Å². The minimum Gasteiger partial charge on any atom is -0.303 e. The Balaban J connectivity index is 1.74. The van der Waals surface area contributed by atoms with Gasteiger partial charge < -0.3 is 4.79 Å². The molecule has 0 N–H and O–H groups in total. The molecule has 25 heavy (non-hydrogen) atoms. The van der Waals surface area contributed by atoms with E-state index in [1.165, 1.54) is 32.1 Å². The van der Waals surface area contributed by atoms with Crippen LogP contribution < -0.4 is 0 Å². The lowest BCUT2D eigenvalue weighted by Crippen LogP contribution is -2.23. The summed E-state index contributed by atoms with van der Waals surface area (Å²) >= 11 is 0. The molecule has 136 valence electrons. The highest BCUT2D eigenvalue weighted by atomic mass is 16.1. The summed E-state index contributed by atoms with van der Waals surface area (Å²) in [5.41, 5.74) is 1.04. The van der Waals surface area contributed by atoms with Gasteiger partial charge in [0.15, 0.2) is 5.78 Å². The second-order valence-corrected chi connectivity index (χ2v) is 7.47. The zero-order valence-electron chi connectivity index (χ0n) is 15.5.